The van der Waals surface area contributed by atoms with Crippen molar-refractivity contribution in [3.05, 3.63) is 48.6 Å². The van der Waals surface area contributed by atoms with Gasteiger partial charge in [0.15, 0.2) is 0 Å². The van der Waals surface area contributed by atoms with Gasteiger partial charge in [0.2, 0.25) is 0 Å². The summed E-state index contributed by atoms with van der Waals surface area (Å²) in [4.78, 5) is 0. The topological polar surface area (TPSA) is 32.3 Å². The summed E-state index contributed by atoms with van der Waals surface area (Å²) in [6.07, 6.45) is 1.71. The second-order valence-electron chi connectivity index (χ2n) is 2.89. The van der Waals surface area contributed by atoms with Crippen LogP contribution in [-0.2, 0) is 6.54 Å². The number of benzene rings is 1. The Morgan fingerprint density at radius 3 is 2.62 bits per heavy atom. The van der Waals surface area contributed by atoms with E-state index in [4.69, 9.17) is 5.11 Å². The van der Waals surface area contributed by atoms with Crippen molar-refractivity contribution in [2.75, 3.05) is 6.61 Å². The molecule has 0 heterocycles. The summed E-state index contributed by atoms with van der Waals surface area (Å²) in [6.45, 7) is 4.48. The van der Waals surface area contributed by atoms with Crippen LogP contribution < -0.4 is 5.32 Å². The van der Waals surface area contributed by atoms with Crippen LogP contribution in [0.1, 0.15) is 5.56 Å². The third kappa shape index (κ3) is 3.40. The molecule has 0 aromatic heterocycles. The molecule has 0 fully saturated rings. The predicted octanol–water partition coefficient (Wildman–Crippen LogP) is 1.32. The van der Waals surface area contributed by atoms with Crippen LogP contribution in [0.15, 0.2) is 43.0 Å². The lowest BCUT2D eigenvalue weighted by molar-refractivity contribution is 0.264. The molecule has 0 bridgehead atoms. The maximum atomic E-state index is 8.87. The Hall–Kier alpha value is -1.12. The lowest BCUT2D eigenvalue weighted by Gasteiger charge is -2.11. The Balaban J connectivity index is 2.38. The third-order valence-corrected chi connectivity index (χ3v) is 1.89. The van der Waals surface area contributed by atoms with Gasteiger partial charge in [-0.1, -0.05) is 36.4 Å². The van der Waals surface area contributed by atoms with E-state index in [1.54, 1.807) is 6.08 Å². The van der Waals surface area contributed by atoms with Crippen LogP contribution in [-0.4, -0.2) is 17.8 Å². The highest BCUT2D eigenvalue weighted by molar-refractivity contribution is 5.14. The highest BCUT2D eigenvalue weighted by Gasteiger charge is 1.99. The zero-order chi connectivity index (χ0) is 9.52. The fourth-order valence-corrected chi connectivity index (χ4v) is 1.07. The van der Waals surface area contributed by atoms with Gasteiger partial charge in [0.1, 0.15) is 0 Å². The van der Waals surface area contributed by atoms with E-state index in [9.17, 15) is 0 Å². The smallest absolute Gasteiger partial charge is 0.0620 e. The van der Waals surface area contributed by atoms with Gasteiger partial charge >= 0.3 is 0 Å². The standard InChI is InChI=1S/C11H15NO/c1-2-11(9-13)12-8-10-6-4-3-5-7-10/h2-7,11-13H,1,8-9H2/t11-/m1/s1. The molecule has 1 rings (SSSR count). The van der Waals surface area contributed by atoms with Crippen molar-refractivity contribution in [1.29, 1.82) is 0 Å². The molecule has 0 aliphatic rings. The Morgan fingerprint density at radius 2 is 2.08 bits per heavy atom. The first kappa shape index (κ1) is 9.96. The molecule has 0 radical (unpaired) electrons. The summed E-state index contributed by atoms with van der Waals surface area (Å²) < 4.78 is 0. The summed E-state index contributed by atoms with van der Waals surface area (Å²) in [5, 5.41) is 12.0. The van der Waals surface area contributed by atoms with Gasteiger partial charge in [-0.05, 0) is 5.56 Å². The van der Waals surface area contributed by atoms with Gasteiger partial charge in [0.25, 0.3) is 0 Å². The first-order chi connectivity index (χ1) is 6.36. The maximum absolute atomic E-state index is 8.87. The van der Waals surface area contributed by atoms with Crippen molar-refractivity contribution < 1.29 is 5.11 Å². The van der Waals surface area contributed by atoms with Crippen LogP contribution in [0.25, 0.3) is 0 Å². The minimum absolute atomic E-state index is 0.0137. The van der Waals surface area contributed by atoms with Crippen molar-refractivity contribution in [3.8, 4) is 0 Å². The molecule has 70 valence electrons. The molecule has 2 heteroatoms. The number of aliphatic hydroxyl groups is 1. The molecule has 0 aliphatic carbocycles. The first-order valence-electron chi connectivity index (χ1n) is 4.37. The average molecular weight is 177 g/mol. The molecule has 0 saturated heterocycles. The molecule has 0 spiro atoms. The highest BCUT2D eigenvalue weighted by Crippen LogP contribution is 1.98. The zero-order valence-corrected chi connectivity index (χ0v) is 7.61. The molecular formula is C11H15NO. The SMILES string of the molecule is C=C[C@H](CO)NCc1ccccc1. The Kier molecular flexibility index (Phi) is 4.23. The number of nitrogens with one attached hydrogen (secondary N) is 1. The second kappa shape index (κ2) is 5.51. The first-order valence-corrected chi connectivity index (χ1v) is 4.37. The number of hydrogen-bond acceptors (Lipinski definition) is 2. The number of hydrogen-bond donors (Lipinski definition) is 2. The minimum Gasteiger partial charge on any atom is -0.394 e. The van der Waals surface area contributed by atoms with Crippen LogP contribution in [0.5, 0.6) is 0 Å². The molecule has 0 saturated carbocycles. The van der Waals surface area contributed by atoms with E-state index >= 15 is 0 Å². The van der Waals surface area contributed by atoms with Gasteiger partial charge in [-0.15, -0.1) is 6.58 Å². The van der Waals surface area contributed by atoms with Crippen molar-refractivity contribution in [2.24, 2.45) is 0 Å². The fourth-order valence-electron chi connectivity index (χ4n) is 1.07. The Bertz CT molecular complexity index is 246. The van der Waals surface area contributed by atoms with Crippen LogP contribution in [0.2, 0.25) is 0 Å². The molecule has 1 aromatic carbocycles. The van der Waals surface area contributed by atoms with Crippen molar-refractivity contribution >= 4 is 0 Å². The van der Waals surface area contributed by atoms with Gasteiger partial charge in [-0.3, -0.25) is 0 Å². The van der Waals surface area contributed by atoms with Crippen molar-refractivity contribution in [2.45, 2.75) is 12.6 Å². The lowest BCUT2D eigenvalue weighted by Crippen LogP contribution is -2.29. The molecule has 2 nitrogen and oxygen atoms in total. The van der Waals surface area contributed by atoms with Gasteiger partial charge in [0.05, 0.1) is 6.61 Å². The monoisotopic (exact) mass is 177 g/mol. The second-order valence-corrected chi connectivity index (χ2v) is 2.89. The molecule has 1 aromatic rings. The molecule has 0 amide bonds. The summed E-state index contributed by atoms with van der Waals surface area (Å²) in [7, 11) is 0. The maximum Gasteiger partial charge on any atom is 0.0620 e. The summed E-state index contributed by atoms with van der Waals surface area (Å²) in [5.41, 5.74) is 1.21. The predicted molar refractivity (Wildman–Crippen MR) is 54.4 cm³/mol. The van der Waals surface area contributed by atoms with Gasteiger partial charge in [-0.25, -0.2) is 0 Å². The summed E-state index contributed by atoms with van der Waals surface area (Å²) in [6, 6.07) is 10.1. The zero-order valence-electron chi connectivity index (χ0n) is 7.61. The number of aliphatic hydroxyl groups excluding tert-OH is 1. The largest absolute Gasteiger partial charge is 0.394 e. The van der Waals surface area contributed by atoms with Gasteiger partial charge in [0, 0.05) is 12.6 Å². The quantitative estimate of drug-likeness (QED) is 0.665. The van der Waals surface area contributed by atoms with Crippen LogP contribution >= 0.6 is 0 Å². The van der Waals surface area contributed by atoms with Crippen LogP contribution in [0, 0.1) is 0 Å². The summed E-state index contributed by atoms with van der Waals surface area (Å²) in [5.74, 6) is 0. The van der Waals surface area contributed by atoms with E-state index in [1.807, 2.05) is 30.3 Å². The van der Waals surface area contributed by atoms with E-state index in [0.29, 0.717) is 0 Å². The van der Waals surface area contributed by atoms with Gasteiger partial charge < -0.3 is 10.4 Å². The van der Waals surface area contributed by atoms with E-state index in [-0.39, 0.29) is 12.6 Å². The Labute approximate surface area is 78.9 Å². The van der Waals surface area contributed by atoms with Gasteiger partial charge in [-0.2, -0.15) is 0 Å². The molecule has 1 atom stereocenters. The molecule has 2 N–H and O–H groups in total. The van der Waals surface area contributed by atoms with Crippen LogP contribution in [0.3, 0.4) is 0 Å². The lowest BCUT2D eigenvalue weighted by atomic mass is 10.2. The van der Waals surface area contributed by atoms with E-state index in [0.717, 1.165) is 6.54 Å². The van der Waals surface area contributed by atoms with Crippen LogP contribution in [0.4, 0.5) is 0 Å². The average Bonchev–Trinajstić information content (AvgIpc) is 2.21. The molecule has 0 aliphatic heterocycles. The van der Waals surface area contributed by atoms with E-state index in [1.165, 1.54) is 5.56 Å². The Morgan fingerprint density at radius 1 is 1.38 bits per heavy atom. The van der Waals surface area contributed by atoms with Crippen molar-refractivity contribution in [1.82, 2.24) is 5.32 Å². The normalized spacial score (nSPS) is 12.4. The molecule has 0 unspecified atom stereocenters. The molecule has 13 heavy (non-hydrogen) atoms. The molecular weight excluding hydrogens is 162 g/mol. The van der Waals surface area contributed by atoms with Crippen molar-refractivity contribution in [3.63, 3.8) is 0 Å². The highest BCUT2D eigenvalue weighted by atomic mass is 16.3. The third-order valence-electron chi connectivity index (χ3n) is 1.89. The minimum atomic E-state index is -0.0137. The fraction of sp³-hybridized carbons (Fsp3) is 0.273. The summed E-state index contributed by atoms with van der Waals surface area (Å²) >= 11 is 0. The van der Waals surface area contributed by atoms with E-state index < -0.39 is 0 Å². The van der Waals surface area contributed by atoms with E-state index in [2.05, 4.69) is 11.9 Å². The number of rotatable bonds is 5.